The second-order valence-electron chi connectivity index (χ2n) is 4.35. The van der Waals surface area contributed by atoms with E-state index in [1.54, 1.807) is 0 Å². The first-order chi connectivity index (χ1) is 7.63. The zero-order valence-electron chi connectivity index (χ0n) is 10.1. The van der Waals surface area contributed by atoms with Gasteiger partial charge in [0.2, 0.25) is 5.95 Å². The standard InChI is InChI=1S/C10H19N5S/c1-4-15-9(11-12-10(15)16)14-6-5-13(3)8(2)7-14/h8H,4-7H2,1-3H3,(H,12,16). The maximum atomic E-state index is 5.20. The molecule has 0 bridgehead atoms. The van der Waals surface area contributed by atoms with Gasteiger partial charge >= 0.3 is 0 Å². The van der Waals surface area contributed by atoms with Gasteiger partial charge in [0.25, 0.3) is 0 Å². The van der Waals surface area contributed by atoms with Crippen LogP contribution >= 0.6 is 12.2 Å². The van der Waals surface area contributed by atoms with Crippen molar-refractivity contribution >= 4 is 18.2 Å². The predicted molar refractivity (Wildman–Crippen MR) is 67.4 cm³/mol. The summed E-state index contributed by atoms with van der Waals surface area (Å²) in [5.74, 6) is 0.979. The summed E-state index contributed by atoms with van der Waals surface area (Å²) in [6, 6.07) is 0.560. The van der Waals surface area contributed by atoms with E-state index in [0.29, 0.717) is 10.8 Å². The van der Waals surface area contributed by atoms with Gasteiger partial charge in [0.15, 0.2) is 4.77 Å². The van der Waals surface area contributed by atoms with Crippen LogP contribution in [0.25, 0.3) is 0 Å². The lowest BCUT2D eigenvalue weighted by atomic mass is 10.2. The van der Waals surface area contributed by atoms with Crippen LogP contribution in [0.15, 0.2) is 0 Å². The maximum absolute atomic E-state index is 5.20. The molecule has 1 aromatic heterocycles. The first-order valence-corrected chi connectivity index (χ1v) is 6.14. The molecule has 5 nitrogen and oxygen atoms in total. The lowest BCUT2D eigenvalue weighted by Crippen LogP contribution is -2.50. The van der Waals surface area contributed by atoms with Crippen molar-refractivity contribution in [2.24, 2.45) is 0 Å². The van der Waals surface area contributed by atoms with Gasteiger partial charge in [-0.2, -0.15) is 0 Å². The number of H-pyrrole nitrogens is 1. The van der Waals surface area contributed by atoms with E-state index in [1.807, 2.05) is 4.57 Å². The molecule has 1 aliphatic rings. The topological polar surface area (TPSA) is 40.1 Å². The van der Waals surface area contributed by atoms with Crippen LogP contribution < -0.4 is 4.90 Å². The number of hydrogen-bond acceptors (Lipinski definition) is 4. The Morgan fingerprint density at radius 1 is 1.50 bits per heavy atom. The van der Waals surface area contributed by atoms with E-state index in [0.717, 1.165) is 32.1 Å². The summed E-state index contributed by atoms with van der Waals surface area (Å²) in [5.41, 5.74) is 0. The molecule has 0 aliphatic carbocycles. The molecule has 0 radical (unpaired) electrons. The summed E-state index contributed by atoms with van der Waals surface area (Å²) in [5, 5.41) is 7.19. The number of rotatable bonds is 2. The van der Waals surface area contributed by atoms with E-state index >= 15 is 0 Å². The molecule has 90 valence electrons. The summed E-state index contributed by atoms with van der Waals surface area (Å²) in [4.78, 5) is 4.68. The average molecular weight is 241 g/mol. The van der Waals surface area contributed by atoms with Crippen LogP contribution in [0.3, 0.4) is 0 Å². The van der Waals surface area contributed by atoms with Gasteiger partial charge in [0.1, 0.15) is 0 Å². The highest BCUT2D eigenvalue weighted by atomic mass is 32.1. The minimum Gasteiger partial charge on any atom is -0.338 e. The van der Waals surface area contributed by atoms with E-state index in [1.165, 1.54) is 0 Å². The third-order valence-electron chi connectivity index (χ3n) is 3.30. The number of anilines is 1. The molecule has 1 N–H and O–H groups in total. The van der Waals surface area contributed by atoms with Crippen LogP contribution in [0.5, 0.6) is 0 Å². The molecule has 2 heterocycles. The van der Waals surface area contributed by atoms with Crippen molar-refractivity contribution in [2.45, 2.75) is 26.4 Å². The van der Waals surface area contributed by atoms with E-state index in [4.69, 9.17) is 12.2 Å². The lowest BCUT2D eigenvalue weighted by Gasteiger charge is -2.37. The molecule has 0 spiro atoms. The summed E-state index contributed by atoms with van der Waals surface area (Å²) < 4.78 is 2.76. The van der Waals surface area contributed by atoms with Gasteiger partial charge in [-0.1, -0.05) is 0 Å². The summed E-state index contributed by atoms with van der Waals surface area (Å²) in [6.07, 6.45) is 0. The molecule has 1 unspecified atom stereocenters. The van der Waals surface area contributed by atoms with Crippen molar-refractivity contribution in [3.63, 3.8) is 0 Å². The number of aromatic nitrogens is 3. The second kappa shape index (κ2) is 4.55. The minimum absolute atomic E-state index is 0.560. The van der Waals surface area contributed by atoms with Gasteiger partial charge in [-0.25, -0.2) is 5.10 Å². The number of likely N-dealkylation sites (N-methyl/N-ethyl adjacent to an activating group) is 1. The van der Waals surface area contributed by atoms with Gasteiger partial charge in [-0.05, 0) is 33.1 Å². The monoisotopic (exact) mass is 241 g/mol. The quantitative estimate of drug-likeness (QED) is 0.787. The molecular weight excluding hydrogens is 222 g/mol. The van der Waals surface area contributed by atoms with E-state index < -0.39 is 0 Å². The van der Waals surface area contributed by atoms with Crippen LogP contribution in [-0.2, 0) is 6.54 Å². The first-order valence-electron chi connectivity index (χ1n) is 5.74. The van der Waals surface area contributed by atoms with Crippen molar-refractivity contribution in [3.05, 3.63) is 4.77 Å². The fourth-order valence-electron chi connectivity index (χ4n) is 2.07. The third-order valence-corrected chi connectivity index (χ3v) is 3.61. The van der Waals surface area contributed by atoms with Crippen LogP contribution in [-0.4, -0.2) is 52.4 Å². The largest absolute Gasteiger partial charge is 0.338 e. The van der Waals surface area contributed by atoms with Crippen LogP contribution in [0.4, 0.5) is 5.95 Å². The Hall–Kier alpha value is -0.880. The highest BCUT2D eigenvalue weighted by Crippen LogP contribution is 2.16. The molecule has 1 saturated heterocycles. The second-order valence-corrected chi connectivity index (χ2v) is 4.74. The SMILES string of the molecule is CCn1c(N2CCN(C)C(C)C2)n[nH]c1=S. The van der Waals surface area contributed by atoms with Gasteiger partial charge < -0.3 is 9.80 Å². The Labute approximate surface area is 101 Å². The Morgan fingerprint density at radius 3 is 2.88 bits per heavy atom. The average Bonchev–Trinajstić information content (AvgIpc) is 2.63. The zero-order valence-corrected chi connectivity index (χ0v) is 10.9. The third kappa shape index (κ3) is 1.99. The normalized spacial score (nSPS) is 22.7. The number of piperazine rings is 1. The highest BCUT2D eigenvalue weighted by molar-refractivity contribution is 7.71. The Kier molecular flexibility index (Phi) is 3.30. The van der Waals surface area contributed by atoms with Crippen LogP contribution in [0, 0.1) is 4.77 Å². The molecular formula is C10H19N5S. The van der Waals surface area contributed by atoms with Crippen LogP contribution in [0.1, 0.15) is 13.8 Å². The van der Waals surface area contributed by atoms with Gasteiger partial charge in [0.05, 0.1) is 0 Å². The number of nitrogens with one attached hydrogen (secondary N) is 1. The molecule has 1 fully saturated rings. The summed E-state index contributed by atoms with van der Waals surface area (Å²) >= 11 is 5.20. The molecule has 1 aromatic rings. The van der Waals surface area contributed by atoms with Gasteiger partial charge in [0, 0.05) is 32.2 Å². The predicted octanol–water partition coefficient (Wildman–Crippen LogP) is 1.10. The number of hydrogen-bond donors (Lipinski definition) is 1. The molecule has 2 rings (SSSR count). The lowest BCUT2D eigenvalue weighted by molar-refractivity contribution is 0.232. The van der Waals surface area contributed by atoms with Crippen molar-refractivity contribution in [2.75, 3.05) is 31.6 Å². The van der Waals surface area contributed by atoms with Crippen LogP contribution in [0.2, 0.25) is 0 Å². The highest BCUT2D eigenvalue weighted by Gasteiger charge is 2.23. The van der Waals surface area contributed by atoms with E-state index in [2.05, 4.69) is 40.9 Å². The fourth-order valence-corrected chi connectivity index (χ4v) is 2.32. The Morgan fingerprint density at radius 2 is 2.25 bits per heavy atom. The first kappa shape index (κ1) is 11.6. The molecule has 1 atom stereocenters. The summed E-state index contributed by atoms with van der Waals surface area (Å²) in [7, 11) is 2.17. The fraction of sp³-hybridized carbons (Fsp3) is 0.800. The molecule has 0 aromatic carbocycles. The molecule has 0 amide bonds. The zero-order chi connectivity index (χ0) is 11.7. The minimum atomic E-state index is 0.560. The molecule has 16 heavy (non-hydrogen) atoms. The Bertz CT molecular complexity index is 410. The number of aromatic amines is 1. The van der Waals surface area contributed by atoms with Crippen molar-refractivity contribution in [1.29, 1.82) is 0 Å². The smallest absolute Gasteiger partial charge is 0.225 e. The molecule has 0 saturated carbocycles. The van der Waals surface area contributed by atoms with E-state index in [9.17, 15) is 0 Å². The van der Waals surface area contributed by atoms with Crippen molar-refractivity contribution in [3.8, 4) is 0 Å². The van der Waals surface area contributed by atoms with Gasteiger partial charge in [-0.15, -0.1) is 5.10 Å². The number of nitrogens with zero attached hydrogens (tertiary/aromatic N) is 4. The molecule has 6 heteroatoms. The molecule has 1 aliphatic heterocycles. The summed E-state index contributed by atoms with van der Waals surface area (Å²) in [6.45, 7) is 8.30. The van der Waals surface area contributed by atoms with Crippen molar-refractivity contribution < 1.29 is 0 Å². The van der Waals surface area contributed by atoms with Gasteiger partial charge in [-0.3, -0.25) is 4.57 Å². The maximum Gasteiger partial charge on any atom is 0.225 e. The van der Waals surface area contributed by atoms with E-state index in [-0.39, 0.29) is 0 Å². The Balaban J connectivity index is 2.21. The van der Waals surface area contributed by atoms with Crippen molar-refractivity contribution in [1.82, 2.24) is 19.7 Å².